The zero-order valence-electron chi connectivity index (χ0n) is 10.3. The van der Waals surface area contributed by atoms with Crippen molar-refractivity contribution in [3.05, 3.63) is 69.5 Å². The van der Waals surface area contributed by atoms with Crippen molar-refractivity contribution in [2.24, 2.45) is 0 Å². The predicted octanol–water partition coefficient (Wildman–Crippen LogP) is 5.51. The van der Waals surface area contributed by atoms with E-state index in [1.807, 2.05) is 47.2 Å². The van der Waals surface area contributed by atoms with Crippen LogP contribution in [0.1, 0.15) is 0 Å². The van der Waals surface area contributed by atoms with E-state index in [0.717, 1.165) is 16.9 Å². The Morgan fingerprint density at radius 1 is 0.950 bits per heavy atom. The predicted molar refractivity (Wildman–Crippen MR) is 86.4 cm³/mol. The van der Waals surface area contributed by atoms with Gasteiger partial charge in [0.2, 0.25) is 0 Å². The number of aromatic nitrogens is 2. The third-order valence-corrected chi connectivity index (χ3v) is 4.02. The Hall–Kier alpha value is -1.55. The van der Waals surface area contributed by atoms with E-state index in [4.69, 9.17) is 35.4 Å². The zero-order valence-corrected chi connectivity index (χ0v) is 12.6. The van der Waals surface area contributed by atoms with Gasteiger partial charge in [-0.2, -0.15) is 0 Å². The summed E-state index contributed by atoms with van der Waals surface area (Å²) in [6.07, 6.45) is 1.96. The van der Waals surface area contributed by atoms with Gasteiger partial charge in [-0.25, -0.2) is 0 Å². The van der Waals surface area contributed by atoms with Crippen LogP contribution in [-0.4, -0.2) is 9.55 Å². The molecule has 0 unspecified atom stereocenters. The van der Waals surface area contributed by atoms with Gasteiger partial charge in [0.05, 0.1) is 15.7 Å². The molecule has 0 atom stereocenters. The number of imidazole rings is 1. The van der Waals surface area contributed by atoms with Crippen LogP contribution in [0.15, 0.2) is 54.7 Å². The third-order valence-electron chi connectivity index (χ3n) is 2.98. The second-order valence-electron chi connectivity index (χ2n) is 4.31. The normalized spacial score (nSPS) is 10.7. The Balaban J connectivity index is 2.10. The van der Waals surface area contributed by atoms with Crippen molar-refractivity contribution >= 4 is 35.4 Å². The molecule has 2 aromatic carbocycles. The zero-order chi connectivity index (χ0) is 14.1. The molecule has 100 valence electrons. The smallest absolute Gasteiger partial charge is 0.182 e. The first kappa shape index (κ1) is 13.4. The summed E-state index contributed by atoms with van der Waals surface area (Å²) < 4.78 is 2.49. The van der Waals surface area contributed by atoms with Crippen molar-refractivity contribution < 1.29 is 0 Å². The van der Waals surface area contributed by atoms with Crippen molar-refractivity contribution in [2.75, 3.05) is 0 Å². The van der Waals surface area contributed by atoms with Crippen molar-refractivity contribution in [2.45, 2.75) is 0 Å². The SMILES string of the molecule is S=c1[nH]c(-c2ccccc2)cn1-c1ccc(Cl)c(Cl)c1. The number of halogens is 2. The van der Waals surface area contributed by atoms with Crippen molar-refractivity contribution in [3.63, 3.8) is 0 Å². The van der Waals surface area contributed by atoms with Crippen LogP contribution in [-0.2, 0) is 0 Å². The second kappa shape index (κ2) is 5.44. The molecule has 0 aliphatic heterocycles. The average Bonchev–Trinajstić information content (AvgIpc) is 2.85. The van der Waals surface area contributed by atoms with Crippen LogP contribution in [0.2, 0.25) is 10.0 Å². The minimum atomic E-state index is 0.508. The molecule has 3 aromatic rings. The molecular formula is C15H10Cl2N2S. The summed E-state index contributed by atoms with van der Waals surface area (Å²) in [6.45, 7) is 0. The molecule has 3 rings (SSSR count). The maximum absolute atomic E-state index is 6.05. The first-order valence-corrected chi connectivity index (χ1v) is 7.14. The second-order valence-corrected chi connectivity index (χ2v) is 5.51. The topological polar surface area (TPSA) is 20.7 Å². The van der Waals surface area contributed by atoms with Crippen LogP contribution >= 0.6 is 35.4 Å². The molecule has 0 aliphatic rings. The summed E-state index contributed by atoms with van der Waals surface area (Å²) in [7, 11) is 0. The van der Waals surface area contributed by atoms with Gasteiger partial charge in [0.1, 0.15) is 0 Å². The highest BCUT2D eigenvalue weighted by atomic mass is 35.5. The molecule has 0 saturated carbocycles. The molecule has 1 aromatic heterocycles. The highest BCUT2D eigenvalue weighted by molar-refractivity contribution is 7.71. The van der Waals surface area contributed by atoms with E-state index in [2.05, 4.69) is 4.98 Å². The summed E-state index contributed by atoms with van der Waals surface area (Å²) in [4.78, 5) is 3.20. The van der Waals surface area contributed by atoms with E-state index in [1.54, 1.807) is 12.1 Å². The molecule has 2 nitrogen and oxygen atoms in total. The van der Waals surface area contributed by atoms with Crippen LogP contribution in [0.25, 0.3) is 16.9 Å². The van der Waals surface area contributed by atoms with Crippen molar-refractivity contribution in [1.82, 2.24) is 9.55 Å². The van der Waals surface area contributed by atoms with Gasteiger partial charge in [0, 0.05) is 11.9 Å². The molecule has 0 radical (unpaired) electrons. The van der Waals surface area contributed by atoms with E-state index in [-0.39, 0.29) is 0 Å². The van der Waals surface area contributed by atoms with Gasteiger partial charge in [-0.05, 0) is 36.0 Å². The number of hydrogen-bond acceptors (Lipinski definition) is 1. The van der Waals surface area contributed by atoms with E-state index < -0.39 is 0 Å². The quantitative estimate of drug-likeness (QED) is 0.617. The summed E-state index contributed by atoms with van der Waals surface area (Å²) in [5.41, 5.74) is 2.92. The van der Waals surface area contributed by atoms with Crippen LogP contribution in [0.5, 0.6) is 0 Å². The molecule has 0 spiro atoms. The third kappa shape index (κ3) is 2.52. The molecule has 0 saturated heterocycles. The molecule has 1 N–H and O–H groups in total. The van der Waals surface area contributed by atoms with Crippen LogP contribution in [0, 0.1) is 4.77 Å². The van der Waals surface area contributed by atoms with Gasteiger partial charge in [-0.3, -0.25) is 4.57 Å². The largest absolute Gasteiger partial charge is 0.330 e. The fourth-order valence-corrected chi connectivity index (χ4v) is 2.55. The lowest BCUT2D eigenvalue weighted by Crippen LogP contribution is -1.91. The first-order chi connectivity index (χ1) is 9.65. The Morgan fingerprint density at radius 3 is 2.40 bits per heavy atom. The lowest BCUT2D eigenvalue weighted by molar-refractivity contribution is 1.03. The number of H-pyrrole nitrogens is 1. The molecule has 0 aliphatic carbocycles. The molecule has 20 heavy (non-hydrogen) atoms. The van der Waals surface area contributed by atoms with Gasteiger partial charge in [0.25, 0.3) is 0 Å². The Morgan fingerprint density at radius 2 is 1.70 bits per heavy atom. The Bertz CT molecular complexity index is 806. The Kier molecular flexibility index (Phi) is 3.66. The number of nitrogens with one attached hydrogen (secondary N) is 1. The van der Waals surface area contributed by atoms with Crippen molar-refractivity contribution in [1.29, 1.82) is 0 Å². The Labute approximate surface area is 131 Å². The van der Waals surface area contributed by atoms with Gasteiger partial charge < -0.3 is 4.98 Å². The molecule has 5 heteroatoms. The maximum Gasteiger partial charge on any atom is 0.182 e. The number of hydrogen-bond donors (Lipinski definition) is 1. The van der Waals surface area contributed by atoms with E-state index >= 15 is 0 Å². The van der Waals surface area contributed by atoms with Gasteiger partial charge in [0.15, 0.2) is 4.77 Å². The summed E-state index contributed by atoms with van der Waals surface area (Å²) in [6, 6.07) is 15.4. The highest BCUT2D eigenvalue weighted by Crippen LogP contribution is 2.26. The first-order valence-electron chi connectivity index (χ1n) is 5.97. The van der Waals surface area contributed by atoms with E-state index in [0.29, 0.717) is 14.8 Å². The van der Waals surface area contributed by atoms with Crippen LogP contribution in [0.3, 0.4) is 0 Å². The molecule has 0 fully saturated rings. The van der Waals surface area contributed by atoms with Crippen LogP contribution < -0.4 is 0 Å². The monoisotopic (exact) mass is 320 g/mol. The summed E-state index contributed by atoms with van der Waals surface area (Å²) >= 11 is 17.3. The lowest BCUT2D eigenvalue weighted by atomic mass is 10.2. The fraction of sp³-hybridized carbons (Fsp3) is 0. The minimum Gasteiger partial charge on any atom is -0.330 e. The summed E-state index contributed by atoms with van der Waals surface area (Å²) in [5, 5.41) is 1.04. The van der Waals surface area contributed by atoms with Crippen molar-refractivity contribution in [3.8, 4) is 16.9 Å². The maximum atomic E-state index is 6.05. The van der Waals surface area contributed by atoms with Crippen LogP contribution in [0.4, 0.5) is 0 Å². The minimum absolute atomic E-state index is 0.508. The molecule has 0 amide bonds. The number of rotatable bonds is 2. The highest BCUT2D eigenvalue weighted by Gasteiger charge is 2.06. The lowest BCUT2D eigenvalue weighted by Gasteiger charge is -2.03. The molecular weight excluding hydrogens is 311 g/mol. The fourth-order valence-electron chi connectivity index (χ4n) is 1.99. The van der Waals surface area contributed by atoms with Gasteiger partial charge in [-0.15, -0.1) is 0 Å². The molecule has 1 heterocycles. The van der Waals surface area contributed by atoms with Gasteiger partial charge >= 0.3 is 0 Å². The number of benzene rings is 2. The van der Waals surface area contributed by atoms with E-state index in [1.165, 1.54) is 0 Å². The van der Waals surface area contributed by atoms with E-state index in [9.17, 15) is 0 Å². The standard InChI is InChI=1S/C15H10Cl2N2S/c16-12-7-6-11(8-13(12)17)19-9-14(18-15(19)20)10-4-2-1-3-5-10/h1-9H,(H,18,20). The number of aromatic amines is 1. The summed E-state index contributed by atoms with van der Waals surface area (Å²) in [5.74, 6) is 0. The molecule has 0 bridgehead atoms. The number of nitrogens with zero attached hydrogens (tertiary/aromatic N) is 1. The average molecular weight is 321 g/mol. The van der Waals surface area contributed by atoms with Gasteiger partial charge in [-0.1, -0.05) is 53.5 Å².